The molecular weight excluding hydrogens is 703 g/mol. The molecule has 2 aliphatic rings. The number of nitrogens with zero attached hydrogens (tertiary/aromatic N) is 2. The summed E-state index contributed by atoms with van der Waals surface area (Å²) in [5, 5.41) is -0.0921. The second kappa shape index (κ2) is 11.8. The highest BCUT2D eigenvalue weighted by Gasteiger charge is 2.37. The van der Waals surface area contributed by atoms with Crippen LogP contribution in [-0.4, -0.2) is 39.9 Å². The Kier molecular flexibility index (Phi) is 8.47. The van der Waals surface area contributed by atoms with Crippen molar-refractivity contribution >= 4 is 85.0 Å². The molecule has 0 aliphatic carbocycles. The van der Waals surface area contributed by atoms with Crippen molar-refractivity contribution in [1.82, 2.24) is 9.80 Å². The van der Waals surface area contributed by atoms with Crippen LogP contribution in [0.1, 0.15) is 22.3 Å². The van der Waals surface area contributed by atoms with Gasteiger partial charge >= 0.3 is 0 Å². The molecule has 3 aromatic rings. The van der Waals surface area contributed by atoms with Crippen LogP contribution in [-0.2, 0) is 29.2 Å². The molecule has 0 unspecified atom stereocenters. The first-order chi connectivity index (χ1) is 18.3. The van der Waals surface area contributed by atoms with Gasteiger partial charge in [-0.2, -0.15) is 0 Å². The van der Waals surface area contributed by atoms with Crippen molar-refractivity contribution in [1.29, 1.82) is 0 Å². The van der Waals surface area contributed by atoms with Crippen LogP contribution in [0.15, 0.2) is 70.0 Å². The van der Waals surface area contributed by atoms with Crippen LogP contribution in [0.4, 0.5) is 4.79 Å². The van der Waals surface area contributed by atoms with Gasteiger partial charge in [-0.05, 0) is 109 Å². The fraction of sp³-hybridized carbons (Fsp3) is 0.179. The SMILES string of the molecule is O=C(CN1C(=O)S/C(=C\c2cc(Cl)c(OCc3ccc(I)cc3)c(Br)c2)C1=O)N1CCc2ccccc2C1. The van der Waals surface area contributed by atoms with Gasteiger partial charge < -0.3 is 9.64 Å². The number of amides is 3. The Morgan fingerprint density at radius 1 is 1.11 bits per heavy atom. The van der Waals surface area contributed by atoms with Crippen LogP contribution in [0.3, 0.4) is 0 Å². The monoisotopic (exact) mass is 722 g/mol. The molecule has 0 N–H and O–H groups in total. The molecule has 2 heterocycles. The number of ether oxygens (including phenoxy) is 1. The lowest BCUT2D eigenvalue weighted by Gasteiger charge is -2.29. The summed E-state index contributed by atoms with van der Waals surface area (Å²) in [5.74, 6) is -0.246. The second-order valence-corrected chi connectivity index (χ2v) is 12.3. The van der Waals surface area contributed by atoms with Crippen molar-refractivity contribution in [3.05, 3.63) is 101 Å². The molecular formula is C28H21BrClIN2O4S. The van der Waals surface area contributed by atoms with E-state index in [0.29, 0.717) is 40.5 Å². The topological polar surface area (TPSA) is 66.9 Å². The molecule has 6 nitrogen and oxygen atoms in total. The van der Waals surface area contributed by atoms with E-state index in [9.17, 15) is 14.4 Å². The Morgan fingerprint density at radius 3 is 2.58 bits per heavy atom. The van der Waals surface area contributed by atoms with Gasteiger partial charge in [0, 0.05) is 16.7 Å². The molecule has 38 heavy (non-hydrogen) atoms. The molecule has 1 saturated heterocycles. The second-order valence-electron chi connectivity index (χ2n) is 8.83. The van der Waals surface area contributed by atoms with E-state index in [0.717, 1.165) is 37.8 Å². The molecule has 2 aliphatic heterocycles. The van der Waals surface area contributed by atoms with Crippen LogP contribution in [0.25, 0.3) is 6.08 Å². The number of benzene rings is 3. The normalized spacial score (nSPS) is 16.2. The summed E-state index contributed by atoms with van der Waals surface area (Å²) in [5.41, 5.74) is 3.96. The highest BCUT2D eigenvalue weighted by molar-refractivity contribution is 14.1. The molecule has 0 spiro atoms. The number of imide groups is 1. The predicted molar refractivity (Wildman–Crippen MR) is 161 cm³/mol. The highest BCUT2D eigenvalue weighted by Crippen LogP contribution is 2.38. The van der Waals surface area contributed by atoms with Gasteiger partial charge in [0.15, 0.2) is 5.75 Å². The highest BCUT2D eigenvalue weighted by atomic mass is 127. The van der Waals surface area contributed by atoms with Gasteiger partial charge in [-0.25, -0.2) is 0 Å². The third-order valence-corrected chi connectivity index (χ3v) is 8.76. The van der Waals surface area contributed by atoms with E-state index in [2.05, 4.69) is 44.6 Å². The zero-order valence-electron chi connectivity index (χ0n) is 20.0. The minimum atomic E-state index is -0.489. The number of thioether (sulfide) groups is 1. The average molecular weight is 724 g/mol. The van der Waals surface area contributed by atoms with Gasteiger partial charge in [-0.15, -0.1) is 0 Å². The zero-order chi connectivity index (χ0) is 26.8. The Hall–Kier alpha value is -2.34. The predicted octanol–water partition coefficient (Wildman–Crippen LogP) is 6.91. The van der Waals surface area contributed by atoms with E-state index < -0.39 is 11.1 Å². The van der Waals surface area contributed by atoms with Crippen molar-refractivity contribution in [2.75, 3.05) is 13.1 Å². The average Bonchev–Trinajstić information content (AvgIpc) is 3.16. The van der Waals surface area contributed by atoms with Gasteiger partial charge in [0.1, 0.15) is 13.2 Å². The zero-order valence-corrected chi connectivity index (χ0v) is 25.3. The van der Waals surface area contributed by atoms with Crippen molar-refractivity contribution in [2.45, 2.75) is 19.6 Å². The molecule has 5 rings (SSSR count). The molecule has 0 atom stereocenters. The standard InChI is InChI=1S/C28H21BrClIN2O4S/c29-22-11-18(12-23(30)26(22)37-16-17-5-7-21(31)8-6-17)13-24-27(35)33(28(36)38-24)15-25(34)32-10-9-19-3-1-2-4-20(19)14-32/h1-8,11-13H,9-10,14-16H2/b24-13-. The number of carbonyl (C=O) groups is 3. The number of carbonyl (C=O) groups excluding carboxylic acids is 3. The third-order valence-electron chi connectivity index (χ3n) is 6.27. The maximum Gasteiger partial charge on any atom is 0.294 e. The van der Waals surface area contributed by atoms with Crippen molar-refractivity contribution in [3.8, 4) is 5.75 Å². The largest absolute Gasteiger partial charge is 0.486 e. The maximum atomic E-state index is 13.0. The van der Waals surface area contributed by atoms with Gasteiger partial charge in [0.2, 0.25) is 5.91 Å². The first-order valence-corrected chi connectivity index (χ1v) is 14.8. The van der Waals surface area contributed by atoms with E-state index in [1.807, 2.05) is 42.5 Å². The summed E-state index contributed by atoms with van der Waals surface area (Å²) >= 11 is 13.1. The summed E-state index contributed by atoms with van der Waals surface area (Å²) in [7, 11) is 0. The van der Waals surface area contributed by atoms with Gasteiger partial charge in [-0.3, -0.25) is 19.3 Å². The molecule has 194 valence electrons. The molecule has 0 radical (unpaired) electrons. The number of fused-ring (bicyclic) bond motifs is 1. The van der Waals surface area contributed by atoms with E-state index in [4.69, 9.17) is 16.3 Å². The summed E-state index contributed by atoms with van der Waals surface area (Å²) in [6.07, 6.45) is 2.36. The molecule has 0 saturated carbocycles. The number of hydrogen-bond acceptors (Lipinski definition) is 5. The van der Waals surface area contributed by atoms with Crippen LogP contribution in [0.2, 0.25) is 5.02 Å². The Balaban J connectivity index is 1.25. The number of halogens is 3. The quantitative estimate of drug-likeness (QED) is 0.205. The summed E-state index contributed by atoms with van der Waals surface area (Å²) in [4.78, 5) is 41.5. The summed E-state index contributed by atoms with van der Waals surface area (Å²) < 4.78 is 7.68. The van der Waals surface area contributed by atoms with E-state index in [1.54, 1.807) is 23.1 Å². The number of rotatable bonds is 6. The first kappa shape index (κ1) is 27.2. The van der Waals surface area contributed by atoms with E-state index in [-0.39, 0.29) is 17.4 Å². The number of hydrogen-bond donors (Lipinski definition) is 0. The third kappa shape index (κ3) is 6.11. The molecule has 0 bridgehead atoms. The van der Waals surface area contributed by atoms with Crippen molar-refractivity contribution in [3.63, 3.8) is 0 Å². The molecule has 3 amide bonds. The van der Waals surface area contributed by atoms with Crippen LogP contribution in [0.5, 0.6) is 5.75 Å². The minimum Gasteiger partial charge on any atom is -0.486 e. The molecule has 10 heteroatoms. The van der Waals surface area contributed by atoms with Gasteiger partial charge in [0.25, 0.3) is 11.1 Å². The molecule has 1 fully saturated rings. The lowest BCUT2D eigenvalue weighted by molar-refractivity contribution is -0.136. The Bertz CT molecular complexity index is 1440. The minimum absolute atomic E-state index is 0.238. The Morgan fingerprint density at radius 2 is 1.84 bits per heavy atom. The van der Waals surface area contributed by atoms with Crippen LogP contribution < -0.4 is 4.74 Å². The van der Waals surface area contributed by atoms with E-state index in [1.165, 1.54) is 5.56 Å². The lowest BCUT2D eigenvalue weighted by Crippen LogP contribution is -2.44. The fourth-order valence-electron chi connectivity index (χ4n) is 4.27. The first-order valence-electron chi connectivity index (χ1n) is 11.7. The van der Waals surface area contributed by atoms with Crippen LogP contribution >= 0.6 is 61.9 Å². The van der Waals surface area contributed by atoms with E-state index >= 15 is 0 Å². The van der Waals surface area contributed by atoms with Gasteiger partial charge in [0.05, 0.1) is 14.4 Å². The van der Waals surface area contributed by atoms with Gasteiger partial charge in [-0.1, -0.05) is 48.0 Å². The van der Waals surface area contributed by atoms with Crippen LogP contribution in [0, 0.1) is 3.57 Å². The Labute approximate surface area is 251 Å². The molecule has 3 aromatic carbocycles. The smallest absolute Gasteiger partial charge is 0.294 e. The fourth-order valence-corrected chi connectivity index (χ4v) is 6.46. The van der Waals surface area contributed by atoms with Crippen molar-refractivity contribution < 1.29 is 19.1 Å². The maximum absolute atomic E-state index is 13.0. The lowest BCUT2D eigenvalue weighted by atomic mass is 10.00. The summed E-state index contributed by atoms with van der Waals surface area (Å²) in [6, 6.07) is 19.4. The molecule has 0 aromatic heterocycles. The summed E-state index contributed by atoms with van der Waals surface area (Å²) in [6.45, 7) is 1.11. The van der Waals surface area contributed by atoms with Crippen molar-refractivity contribution in [2.24, 2.45) is 0 Å².